The fraction of sp³-hybridized carbons (Fsp3) is 0.267. The Bertz CT molecular complexity index is 481. The summed E-state index contributed by atoms with van der Waals surface area (Å²) >= 11 is 0. The molecule has 0 bridgehead atoms. The molecule has 0 atom stereocenters. The first-order chi connectivity index (χ1) is 8.16. The lowest BCUT2D eigenvalue weighted by atomic mass is 10.00. The van der Waals surface area contributed by atoms with E-state index in [9.17, 15) is 0 Å². The summed E-state index contributed by atoms with van der Waals surface area (Å²) < 4.78 is 0. The summed E-state index contributed by atoms with van der Waals surface area (Å²) in [5.74, 6) is 0. The Balaban J connectivity index is 2.15. The molecule has 0 spiro atoms. The molecule has 1 N–H and O–H groups in total. The van der Waals surface area contributed by atoms with Gasteiger partial charge in [-0.3, -0.25) is 4.98 Å². The Morgan fingerprint density at radius 3 is 2.41 bits per heavy atom. The van der Waals surface area contributed by atoms with E-state index in [-0.39, 0.29) is 0 Å². The summed E-state index contributed by atoms with van der Waals surface area (Å²) in [6, 6.07) is 8.43. The summed E-state index contributed by atoms with van der Waals surface area (Å²) in [4.78, 5) is 4.09. The van der Waals surface area contributed by atoms with Gasteiger partial charge in [0.25, 0.3) is 0 Å². The molecule has 0 saturated carbocycles. The van der Waals surface area contributed by atoms with Gasteiger partial charge in [-0.15, -0.1) is 0 Å². The van der Waals surface area contributed by atoms with Crippen LogP contribution in [0.3, 0.4) is 0 Å². The predicted octanol–water partition coefficient (Wildman–Crippen LogP) is 3.62. The molecule has 1 heterocycles. The van der Waals surface area contributed by atoms with Crippen LogP contribution in [0.5, 0.6) is 0 Å². The average Bonchev–Trinajstić information content (AvgIpc) is 2.29. The highest BCUT2D eigenvalue weighted by molar-refractivity contribution is 5.44. The maximum absolute atomic E-state index is 4.09. The van der Waals surface area contributed by atoms with Crippen LogP contribution in [0.25, 0.3) is 0 Å². The Morgan fingerprint density at radius 2 is 1.82 bits per heavy atom. The Labute approximate surface area is 103 Å². The number of aryl methyl sites for hydroxylation is 3. The molecule has 0 aliphatic carbocycles. The fourth-order valence-electron chi connectivity index (χ4n) is 2.15. The first-order valence-corrected chi connectivity index (χ1v) is 5.87. The lowest BCUT2D eigenvalue weighted by Crippen LogP contribution is -2.04. The summed E-state index contributed by atoms with van der Waals surface area (Å²) in [7, 11) is 0. The minimum atomic E-state index is 0.851. The quantitative estimate of drug-likeness (QED) is 0.864. The third-order valence-corrected chi connectivity index (χ3v) is 2.97. The van der Waals surface area contributed by atoms with Crippen molar-refractivity contribution < 1.29 is 0 Å². The SMILES string of the molecule is Cc1cc(C)c(CNc2cccnc2)c(C)c1. The number of nitrogens with zero attached hydrogens (tertiary/aromatic N) is 1. The summed E-state index contributed by atoms with van der Waals surface area (Å²) in [6.07, 6.45) is 3.63. The van der Waals surface area contributed by atoms with Crippen LogP contribution in [0.2, 0.25) is 0 Å². The van der Waals surface area contributed by atoms with Crippen molar-refractivity contribution in [2.24, 2.45) is 0 Å². The van der Waals surface area contributed by atoms with E-state index in [4.69, 9.17) is 0 Å². The zero-order valence-corrected chi connectivity index (χ0v) is 10.6. The van der Waals surface area contributed by atoms with Gasteiger partial charge in [0.1, 0.15) is 0 Å². The van der Waals surface area contributed by atoms with E-state index in [1.165, 1.54) is 22.3 Å². The number of pyridine rings is 1. The molecule has 2 heteroatoms. The first-order valence-electron chi connectivity index (χ1n) is 5.87. The zero-order valence-electron chi connectivity index (χ0n) is 10.6. The molecule has 2 rings (SSSR count). The van der Waals surface area contributed by atoms with Crippen LogP contribution in [0.1, 0.15) is 22.3 Å². The fourth-order valence-corrected chi connectivity index (χ4v) is 2.15. The molecule has 1 aromatic heterocycles. The molecule has 0 fully saturated rings. The van der Waals surface area contributed by atoms with E-state index >= 15 is 0 Å². The van der Waals surface area contributed by atoms with Gasteiger partial charge in [0.05, 0.1) is 5.69 Å². The minimum absolute atomic E-state index is 0.851. The number of anilines is 1. The van der Waals surface area contributed by atoms with Crippen molar-refractivity contribution in [3.05, 3.63) is 58.9 Å². The number of rotatable bonds is 3. The van der Waals surface area contributed by atoms with Crippen LogP contribution in [-0.4, -0.2) is 4.98 Å². The third-order valence-electron chi connectivity index (χ3n) is 2.97. The molecule has 0 amide bonds. The predicted molar refractivity (Wildman–Crippen MR) is 72.2 cm³/mol. The standard InChI is InChI=1S/C15H18N2/c1-11-7-12(2)15(13(3)8-11)10-17-14-5-4-6-16-9-14/h4-9,17H,10H2,1-3H3. The van der Waals surface area contributed by atoms with E-state index in [0.29, 0.717) is 0 Å². The minimum Gasteiger partial charge on any atom is -0.380 e. The third kappa shape index (κ3) is 2.84. The molecule has 88 valence electrons. The maximum Gasteiger partial charge on any atom is 0.0529 e. The molecule has 0 unspecified atom stereocenters. The summed E-state index contributed by atoms with van der Waals surface area (Å²) in [6.45, 7) is 7.32. The Morgan fingerprint density at radius 1 is 1.12 bits per heavy atom. The van der Waals surface area contributed by atoms with E-state index in [1.54, 1.807) is 6.20 Å². The zero-order chi connectivity index (χ0) is 12.3. The number of hydrogen-bond acceptors (Lipinski definition) is 2. The molecule has 0 radical (unpaired) electrons. The van der Waals surface area contributed by atoms with Crippen LogP contribution in [0.4, 0.5) is 5.69 Å². The van der Waals surface area contributed by atoms with Gasteiger partial charge in [0, 0.05) is 18.9 Å². The van der Waals surface area contributed by atoms with Crippen molar-refractivity contribution in [3.63, 3.8) is 0 Å². The van der Waals surface area contributed by atoms with E-state index in [0.717, 1.165) is 12.2 Å². The second-order valence-corrected chi connectivity index (χ2v) is 4.47. The van der Waals surface area contributed by atoms with E-state index < -0.39 is 0 Å². The van der Waals surface area contributed by atoms with E-state index in [2.05, 4.69) is 43.2 Å². The lowest BCUT2D eigenvalue weighted by molar-refractivity contribution is 1.08. The number of nitrogens with one attached hydrogen (secondary N) is 1. The van der Waals surface area contributed by atoms with Crippen LogP contribution in [0.15, 0.2) is 36.7 Å². The molecule has 2 aromatic rings. The monoisotopic (exact) mass is 226 g/mol. The van der Waals surface area contributed by atoms with Crippen molar-refractivity contribution in [2.45, 2.75) is 27.3 Å². The molecular weight excluding hydrogens is 208 g/mol. The normalized spacial score (nSPS) is 10.3. The molecule has 0 saturated heterocycles. The second kappa shape index (κ2) is 5.00. The van der Waals surface area contributed by atoms with Gasteiger partial charge in [-0.2, -0.15) is 0 Å². The van der Waals surface area contributed by atoms with Crippen LogP contribution in [-0.2, 0) is 6.54 Å². The molecule has 2 nitrogen and oxygen atoms in total. The largest absolute Gasteiger partial charge is 0.380 e. The molecule has 17 heavy (non-hydrogen) atoms. The van der Waals surface area contributed by atoms with Crippen molar-refractivity contribution in [1.29, 1.82) is 0 Å². The maximum atomic E-state index is 4.09. The molecule has 0 aliphatic heterocycles. The highest BCUT2D eigenvalue weighted by Crippen LogP contribution is 2.17. The molecule has 1 aromatic carbocycles. The van der Waals surface area contributed by atoms with Gasteiger partial charge in [0.15, 0.2) is 0 Å². The van der Waals surface area contributed by atoms with Crippen molar-refractivity contribution in [2.75, 3.05) is 5.32 Å². The van der Waals surface area contributed by atoms with E-state index in [1.807, 2.05) is 18.3 Å². The van der Waals surface area contributed by atoms with Gasteiger partial charge in [-0.05, 0) is 49.6 Å². The topological polar surface area (TPSA) is 24.9 Å². The van der Waals surface area contributed by atoms with Gasteiger partial charge in [0.2, 0.25) is 0 Å². The van der Waals surface area contributed by atoms with Crippen LogP contribution in [0, 0.1) is 20.8 Å². The Kier molecular flexibility index (Phi) is 3.43. The van der Waals surface area contributed by atoms with Crippen molar-refractivity contribution in [1.82, 2.24) is 4.98 Å². The van der Waals surface area contributed by atoms with Gasteiger partial charge >= 0.3 is 0 Å². The Hall–Kier alpha value is -1.83. The number of hydrogen-bond donors (Lipinski definition) is 1. The van der Waals surface area contributed by atoms with Gasteiger partial charge in [-0.1, -0.05) is 17.7 Å². The van der Waals surface area contributed by atoms with Crippen molar-refractivity contribution in [3.8, 4) is 0 Å². The first kappa shape index (κ1) is 11.6. The van der Waals surface area contributed by atoms with Crippen molar-refractivity contribution >= 4 is 5.69 Å². The van der Waals surface area contributed by atoms with Gasteiger partial charge in [-0.25, -0.2) is 0 Å². The highest BCUT2D eigenvalue weighted by Gasteiger charge is 2.03. The molecular formula is C15H18N2. The lowest BCUT2D eigenvalue weighted by Gasteiger charge is -2.12. The van der Waals surface area contributed by atoms with Gasteiger partial charge < -0.3 is 5.32 Å². The van der Waals surface area contributed by atoms with Crippen LogP contribution >= 0.6 is 0 Å². The second-order valence-electron chi connectivity index (χ2n) is 4.47. The molecule has 0 aliphatic rings. The smallest absolute Gasteiger partial charge is 0.0529 e. The average molecular weight is 226 g/mol. The highest BCUT2D eigenvalue weighted by atomic mass is 14.9. The number of benzene rings is 1. The summed E-state index contributed by atoms with van der Waals surface area (Å²) in [5.41, 5.74) is 6.45. The van der Waals surface area contributed by atoms with Crippen LogP contribution < -0.4 is 5.32 Å². The number of aromatic nitrogens is 1. The summed E-state index contributed by atoms with van der Waals surface area (Å²) in [5, 5.41) is 3.40.